The standard InChI is InChI=1S/C13H16F5N3O3S/c1-12(2)5-9(20-24-12)25(22,23)6-7-8(4-13(16,17)18)19-21(3)10(7)11(14)15/h11H,4-6H2,1-3H3. The molecule has 0 amide bonds. The van der Waals surface area contributed by atoms with Crippen LogP contribution in [0.3, 0.4) is 0 Å². The van der Waals surface area contributed by atoms with Crippen molar-refractivity contribution in [3.63, 3.8) is 0 Å². The van der Waals surface area contributed by atoms with Crippen LogP contribution in [0.1, 0.15) is 43.6 Å². The Hall–Kier alpha value is -1.72. The minimum absolute atomic E-state index is 0.103. The van der Waals surface area contributed by atoms with Gasteiger partial charge < -0.3 is 4.84 Å². The lowest BCUT2D eigenvalue weighted by Gasteiger charge is -2.13. The molecule has 1 aliphatic rings. The molecule has 12 heteroatoms. The van der Waals surface area contributed by atoms with E-state index in [2.05, 4.69) is 10.3 Å². The van der Waals surface area contributed by atoms with E-state index in [4.69, 9.17) is 4.84 Å². The van der Waals surface area contributed by atoms with Gasteiger partial charge in [-0.2, -0.15) is 18.3 Å². The van der Waals surface area contributed by atoms with E-state index in [9.17, 15) is 30.4 Å². The van der Waals surface area contributed by atoms with Crippen molar-refractivity contribution in [3.8, 4) is 0 Å². The van der Waals surface area contributed by atoms with Gasteiger partial charge in [-0.1, -0.05) is 5.16 Å². The van der Waals surface area contributed by atoms with E-state index in [1.807, 2.05) is 0 Å². The van der Waals surface area contributed by atoms with Crippen LogP contribution in [0.4, 0.5) is 22.0 Å². The molecule has 2 rings (SSSR count). The molecule has 0 aromatic carbocycles. The Kier molecular flexibility index (Phi) is 4.88. The number of hydrogen-bond donors (Lipinski definition) is 0. The van der Waals surface area contributed by atoms with Crippen molar-refractivity contribution < 1.29 is 35.2 Å². The number of sulfone groups is 1. The van der Waals surface area contributed by atoms with E-state index < -0.39 is 57.2 Å². The second-order valence-corrected chi connectivity index (χ2v) is 8.29. The maximum Gasteiger partial charge on any atom is 0.394 e. The third kappa shape index (κ3) is 4.47. The monoisotopic (exact) mass is 389 g/mol. The van der Waals surface area contributed by atoms with E-state index >= 15 is 0 Å². The topological polar surface area (TPSA) is 73.5 Å². The quantitative estimate of drug-likeness (QED) is 0.743. The zero-order valence-corrected chi connectivity index (χ0v) is 14.4. The summed E-state index contributed by atoms with van der Waals surface area (Å²) in [5.41, 5.74) is -3.14. The molecule has 0 atom stereocenters. The van der Waals surface area contributed by atoms with Crippen molar-refractivity contribution in [2.75, 3.05) is 0 Å². The molecule has 0 aliphatic carbocycles. The minimum Gasteiger partial charge on any atom is -0.389 e. The molecule has 6 nitrogen and oxygen atoms in total. The zero-order chi connectivity index (χ0) is 19.2. The predicted molar refractivity (Wildman–Crippen MR) is 77.8 cm³/mol. The SMILES string of the molecule is Cn1nc(CC(F)(F)F)c(CS(=O)(=O)C2=NOC(C)(C)C2)c1C(F)F. The van der Waals surface area contributed by atoms with E-state index in [0.29, 0.717) is 4.68 Å². The maximum atomic E-state index is 13.2. The third-order valence-corrected chi connectivity index (χ3v) is 5.12. The molecule has 0 unspecified atom stereocenters. The molecular weight excluding hydrogens is 373 g/mol. The van der Waals surface area contributed by atoms with Crippen LogP contribution in [0, 0.1) is 0 Å². The number of halogens is 5. The predicted octanol–water partition coefficient (Wildman–Crippen LogP) is 2.89. The molecule has 0 saturated heterocycles. The molecule has 0 N–H and O–H groups in total. The van der Waals surface area contributed by atoms with Crippen molar-refractivity contribution in [2.24, 2.45) is 12.2 Å². The van der Waals surface area contributed by atoms with E-state index in [0.717, 1.165) is 7.05 Å². The highest BCUT2D eigenvalue weighted by molar-refractivity contribution is 8.05. The highest BCUT2D eigenvalue weighted by atomic mass is 32.2. The molecular formula is C13H16F5N3O3S. The number of aryl methyl sites for hydroxylation is 1. The molecule has 0 spiro atoms. The van der Waals surface area contributed by atoms with Crippen LogP contribution < -0.4 is 0 Å². The van der Waals surface area contributed by atoms with Crippen molar-refractivity contribution in [1.82, 2.24) is 9.78 Å². The zero-order valence-electron chi connectivity index (χ0n) is 13.6. The Morgan fingerprint density at radius 3 is 2.36 bits per heavy atom. The van der Waals surface area contributed by atoms with E-state index in [1.165, 1.54) is 0 Å². The van der Waals surface area contributed by atoms with Gasteiger partial charge >= 0.3 is 6.18 Å². The number of hydrogen-bond acceptors (Lipinski definition) is 5. The smallest absolute Gasteiger partial charge is 0.389 e. The summed E-state index contributed by atoms with van der Waals surface area (Å²) < 4.78 is 89.9. The van der Waals surface area contributed by atoms with Crippen LogP contribution in [0.5, 0.6) is 0 Å². The molecule has 0 radical (unpaired) electrons. The summed E-state index contributed by atoms with van der Waals surface area (Å²) in [7, 11) is -3.20. The minimum atomic E-state index is -4.72. The normalized spacial score (nSPS) is 17.7. The van der Waals surface area contributed by atoms with Crippen molar-refractivity contribution in [2.45, 2.75) is 50.6 Å². The van der Waals surface area contributed by atoms with E-state index in [-0.39, 0.29) is 11.5 Å². The largest absolute Gasteiger partial charge is 0.394 e. The fourth-order valence-corrected chi connectivity index (χ4v) is 4.02. The van der Waals surface area contributed by atoms with Gasteiger partial charge in [0.2, 0.25) is 0 Å². The molecule has 142 valence electrons. The van der Waals surface area contributed by atoms with Crippen LogP contribution in [0.25, 0.3) is 0 Å². The Balaban J connectivity index is 2.44. The number of nitrogens with zero attached hydrogens (tertiary/aromatic N) is 3. The first-order valence-electron chi connectivity index (χ1n) is 7.09. The van der Waals surface area contributed by atoms with Crippen LogP contribution in [-0.4, -0.2) is 35.0 Å². The fraction of sp³-hybridized carbons (Fsp3) is 0.692. The highest BCUT2D eigenvalue weighted by Gasteiger charge is 2.39. The van der Waals surface area contributed by atoms with Gasteiger partial charge in [-0.25, -0.2) is 17.2 Å². The molecule has 0 bridgehead atoms. The van der Waals surface area contributed by atoms with Crippen LogP contribution in [0.15, 0.2) is 5.16 Å². The van der Waals surface area contributed by atoms with Crippen molar-refractivity contribution in [3.05, 3.63) is 17.0 Å². The Morgan fingerprint density at radius 2 is 1.92 bits per heavy atom. The fourth-order valence-electron chi connectivity index (χ4n) is 2.44. The first kappa shape index (κ1) is 19.6. The molecule has 2 heterocycles. The number of alkyl halides is 5. The van der Waals surface area contributed by atoms with Gasteiger partial charge in [-0.05, 0) is 13.8 Å². The Bertz CT molecular complexity index is 797. The van der Waals surface area contributed by atoms with Gasteiger partial charge in [0.25, 0.3) is 6.43 Å². The molecule has 0 fully saturated rings. The maximum absolute atomic E-state index is 13.2. The van der Waals surface area contributed by atoms with Gasteiger partial charge in [-0.3, -0.25) is 4.68 Å². The molecule has 25 heavy (non-hydrogen) atoms. The highest BCUT2D eigenvalue weighted by Crippen LogP contribution is 2.32. The summed E-state index contributed by atoms with van der Waals surface area (Å²) in [4.78, 5) is 4.93. The van der Waals surface area contributed by atoms with Crippen molar-refractivity contribution >= 4 is 14.9 Å². The second kappa shape index (κ2) is 6.22. The van der Waals surface area contributed by atoms with Crippen LogP contribution >= 0.6 is 0 Å². The van der Waals surface area contributed by atoms with Gasteiger partial charge in [0, 0.05) is 19.0 Å². The number of aromatic nitrogens is 2. The first-order chi connectivity index (χ1) is 11.2. The second-order valence-electron chi connectivity index (χ2n) is 6.30. The molecule has 1 aromatic heterocycles. The summed E-state index contributed by atoms with van der Waals surface area (Å²) in [5, 5.41) is 6.48. The van der Waals surface area contributed by atoms with Gasteiger partial charge in [0.05, 0.1) is 17.9 Å². The molecule has 1 aromatic rings. The van der Waals surface area contributed by atoms with Crippen molar-refractivity contribution in [1.29, 1.82) is 0 Å². The summed E-state index contributed by atoms with van der Waals surface area (Å²) in [5.74, 6) is -1.05. The lowest BCUT2D eigenvalue weighted by molar-refractivity contribution is -0.128. The number of oxime groups is 1. The molecule has 1 aliphatic heterocycles. The van der Waals surface area contributed by atoms with Gasteiger partial charge in [-0.15, -0.1) is 0 Å². The average Bonchev–Trinajstić information content (AvgIpc) is 2.88. The summed E-state index contributed by atoms with van der Waals surface area (Å²) in [6, 6.07) is 0. The van der Waals surface area contributed by atoms with Crippen LogP contribution in [-0.2, 0) is 33.9 Å². The average molecular weight is 389 g/mol. The van der Waals surface area contributed by atoms with Gasteiger partial charge in [0.15, 0.2) is 14.9 Å². The lowest BCUT2D eigenvalue weighted by atomic mass is 10.1. The lowest BCUT2D eigenvalue weighted by Crippen LogP contribution is -2.24. The van der Waals surface area contributed by atoms with Crippen LogP contribution in [0.2, 0.25) is 0 Å². The van der Waals surface area contributed by atoms with Gasteiger partial charge in [0.1, 0.15) is 11.3 Å². The molecule has 0 saturated carbocycles. The van der Waals surface area contributed by atoms with E-state index in [1.54, 1.807) is 13.8 Å². The summed E-state index contributed by atoms with van der Waals surface area (Å²) in [6.07, 6.45) is -9.61. The summed E-state index contributed by atoms with van der Waals surface area (Å²) >= 11 is 0. The Morgan fingerprint density at radius 1 is 1.32 bits per heavy atom. The third-order valence-electron chi connectivity index (χ3n) is 3.52. The number of rotatable bonds is 4. The first-order valence-corrected chi connectivity index (χ1v) is 8.74. The summed E-state index contributed by atoms with van der Waals surface area (Å²) in [6.45, 7) is 3.14. The Labute approximate surface area is 140 Å².